The van der Waals surface area contributed by atoms with Gasteiger partial charge in [-0.25, -0.2) is 4.79 Å². The van der Waals surface area contributed by atoms with Crippen molar-refractivity contribution in [2.75, 3.05) is 5.32 Å². The average Bonchev–Trinajstić information content (AvgIpc) is 3.11. The molecule has 2 aromatic carbocycles. The van der Waals surface area contributed by atoms with Crippen LogP contribution in [0, 0.1) is 0 Å². The summed E-state index contributed by atoms with van der Waals surface area (Å²) in [5.74, 6) is -0.155. The lowest BCUT2D eigenvalue weighted by atomic mass is 9.91. The summed E-state index contributed by atoms with van der Waals surface area (Å²) >= 11 is 5.64. The van der Waals surface area contributed by atoms with Crippen LogP contribution in [0.1, 0.15) is 47.4 Å². The second-order valence-electron chi connectivity index (χ2n) is 8.70. The van der Waals surface area contributed by atoms with Crippen LogP contribution in [0.5, 0.6) is 0 Å². The third-order valence-electron chi connectivity index (χ3n) is 5.73. The highest BCUT2D eigenvalue weighted by atomic mass is 35.5. The fourth-order valence-electron chi connectivity index (χ4n) is 4.20. The number of alkyl halides is 3. The second-order valence-corrected chi connectivity index (χ2v) is 9.11. The number of carbonyl (C=O) groups excluding carboxylic acids is 2. The van der Waals surface area contributed by atoms with E-state index in [1.54, 1.807) is 6.07 Å². The van der Waals surface area contributed by atoms with Gasteiger partial charge in [0.1, 0.15) is 0 Å². The molecule has 0 saturated heterocycles. The molecule has 0 radical (unpaired) electrons. The molecule has 180 valence electrons. The number of nitrogens with one attached hydrogen (secondary N) is 4. The largest absolute Gasteiger partial charge is 0.417 e. The number of aromatic amines is 1. The van der Waals surface area contributed by atoms with Crippen molar-refractivity contribution in [3.05, 3.63) is 63.8 Å². The molecule has 0 aliphatic heterocycles. The number of H-pyrrole nitrogens is 1. The number of amides is 3. The van der Waals surface area contributed by atoms with Crippen LogP contribution in [-0.4, -0.2) is 29.0 Å². The maximum atomic E-state index is 13.1. The standard InChI is InChI=1S/C24H24ClF3N4O2/c1-12(2)29-22(33)13-3-7-20-16(9-13)17-10-14(5-8-21(17)32-20)30-23(34)31-15-4-6-19(25)18(11-15)24(26,27)28/h3-4,6-7,9,11-12,14,32H,5,8,10H2,1-2H3,(H,29,33)(H2,30,31,34). The fourth-order valence-corrected chi connectivity index (χ4v) is 4.42. The van der Waals surface area contributed by atoms with Crippen LogP contribution in [0.15, 0.2) is 36.4 Å². The summed E-state index contributed by atoms with van der Waals surface area (Å²) in [4.78, 5) is 28.3. The Bertz CT molecular complexity index is 1250. The van der Waals surface area contributed by atoms with E-state index in [0.29, 0.717) is 24.8 Å². The smallest absolute Gasteiger partial charge is 0.358 e. The highest BCUT2D eigenvalue weighted by molar-refractivity contribution is 6.31. The van der Waals surface area contributed by atoms with Crippen LogP contribution < -0.4 is 16.0 Å². The topological polar surface area (TPSA) is 86.0 Å². The molecule has 1 aliphatic carbocycles. The van der Waals surface area contributed by atoms with Gasteiger partial charge in [-0.05, 0) is 75.1 Å². The van der Waals surface area contributed by atoms with Gasteiger partial charge in [-0.1, -0.05) is 11.6 Å². The van der Waals surface area contributed by atoms with Crippen LogP contribution in [0.3, 0.4) is 0 Å². The number of anilines is 1. The molecule has 0 saturated carbocycles. The Labute approximate surface area is 199 Å². The van der Waals surface area contributed by atoms with E-state index in [4.69, 9.17) is 11.6 Å². The molecule has 6 nitrogen and oxygen atoms in total. The first-order valence-corrected chi connectivity index (χ1v) is 11.3. The third kappa shape index (κ3) is 5.14. The van der Waals surface area contributed by atoms with Crippen molar-refractivity contribution in [1.29, 1.82) is 0 Å². The average molecular weight is 493 g/mol. The van der Waals surface area contributed by atoms with Crippen molar-refractivity contribution in [3.63, 3.8) is 0 Å². The number of carbonyl (C=O) groups is 2. The first-order valence-electron chi connectivity index (χ1n) is 10.9. The van der Waals surface area contributed by atoms with Gasteiger partial charge in [0.25, 0.3) is 5.91 Å². The van der Waals surface area contributed by atoms with E-state index in [1.165, 1.54) is 6.07 Å². The minimum Gasteiger partial charge on any atom is -0.358 e. The molecule has 1 heterocycles. The number of benzene rings is 2. The Kier molecular flexibility index (Phi) is 6.49. The minimum absolute atomic E-state index is 0.00127. The molecule has 1 atom stereocenters. The lowest BCUT2D eigenvalue weighted by Gasteiger charge is -2.24. The number of aryl methyl sites for hydroxylation is 1. The van der Waals surface area contributed by atoms with Gasteiger partial charge in [-0.15, -0.1) is 0 Å². The van der Waals surface area contributed by atoms with Gasteiger partial charge in [0, 0.05) is 39.9 Å². The van der Waals surface area contributed by atoms with Crippen LogP contribution in [0.4, 0.5) is 23.7 Å². The maximum Gasteiger partial charge on any atom is 0.417 e. The molecule has 0 spiro atoms. The molecule has 1 aliphatic rings. The number of fused-ring (bicyclic) bond motifs is 3. The van der Waals surface area contributed by atoms with Gasteiger partial charge in [0.2, 0.25) is 0 Å². The Hall–Kier alpha value is -3.20. The molecule has 10 heteroatoms. The number of hydrogen-bond acceptors (Lipinski definition) is 2. The predicted molar refractivity (Wildman–Crippen MR) is 125 cm³/mol. The zero-order chi connectivity index (χ0) is 24.6. The van der Waals surface area contributed by atoms with Crippen LogP contribution in [0.25, 0.3) is 10.9 Å². The van der Waals surface area contributed by atoms with Gasteiger partial charge in [0.15, 0.2) is 0 Å². The Morgan fingerprint density at radius 1 is 1.15 bits per heavy atom. The monoisotopic (exact) mass is 492 g/mol. The SMILES string of the molecule is CC(C)NC(=O)c1ccc2[nH]c3c(c2c1)CC(NC(=O)Nc1ccc(Cl)c(C(F)(F)F)c1)CC3. The molecule has 0 fully saturated rings. The molecule has 1 unspecified atom stereocenters. The van der Waals surface area contributed by atoms with Crippen molar-refractivity contribution in [1.82, 2.24) is 15.6 Å². The van der Waals surface area contributed by atoms with Crippen molar-refractivity contribution in [2.24, 2.45) is 0 Å². The summed E-state index contributed by atoms with van der Waals surface area (Å²) in [6.07, 6.45) is -2.72. The van der Waals surface area contributed by atoms with E-state index >= 15 is 0 Å². The van der Waals surface area contributed by atoms with Gasteiger partial charge < -0.3 is 20.9 Å². The van der Waals surface area contributed by atoms with E-state index in [-0.39, 0.29) is 23.7 Å². The van der Waals surface area contributed by atoms with E-state index < -0.39 is 22.8 Å². The first kappa shape index (κ1) is 23.9. The number of aromatic nitrogens is 1. The number of urea groups is 1. The summed E-state index contributed by atoms with van der Waals surface area (Å²) in [5, 5.41) is 8.67. The van der Waals surface area contributed by atoms with Crippen LogP contribution in [-0.2, 0) is 19.0 Å². The maximum absolute atomic E-state index is 13.1. The highest BCUT2D eigenvalue weighted by Gasteiger charge is 2.33. The van der Waals surface area contributed by atoms with Gasteiger partial charge in [0.05, 0.1) is 10.6 Å². The zero-order valence-electron chi connectivity index (χ0n) is 18.6. The fraction of sp³-hybridized carbons (Fsp3) is 0.333. The summed E-state index contributed by atoms with van der Waals surface area (Å²) in [6.45, 7) is 3.79. The van der Waals surface area contributed by atoms with Crippen molar-refractivity contribution >= 4 is 40.1 Å². The van der Waals surface area contributed by atoms with E-state index in [1.807, 2.05) is 26.0 Å². The number of halogens is 4. The Morgan fingerprint density at radius 3 is 2.62 bits per heavy atom. The molecule has 4 rings (SSSR count). The minimum atomic E-state index is -4.62. The molecule has 0 bridgehead atoms. The second kappa shape index (κ2) is 9.21. The molecular formula is C24H24ClF3N4O2. The van der Waals surface area contributed by atoms with Crippen molar-refractivity contribution in [2.45, 2.75) is 51.4 Å². The van der Waals surface area contributed by atoms with Gasteiger partial charge >= 0.3 is 12.2 Å². The van der Waals surface area contributed by atoms with E-state index in [2.05, 4.69) is 20.9 Å². The van der Waals surface area contributed by atoms with Crippen LogP contribution in [0.2, 0.25) is 5.02 Å². The van der Waals surface area contributed by atoms with E-state index in [9.17, 15) is 22.8 Å². The van der Waals surface area contributed by atoms with Crippen LogP contribution >= 0.6 is 11.6 Å². The molecule has 3 aromatic rings. The normalized spacial score (nSPS) is 15.8. The molecule has 1 aromatic heterocycles. The molecule has 34 heavy (non-hydrogen) atoms. The summed E-state index contributed by atoms with van der Waals surface area (Å²) in [6, 6.07) is 7.92. The molecule has 4 N–H and O–H groups in total. The van der Waals surface area contributed by atoms with E-state index in [0.717, 1.165) is 34.3 Å². The third-order valence-corrected chi connectivity index (χ3v) is 6.06. The lowest BCUT2D eigenvalue weighted by Crippen LogP contribution is -2.41. The Morgan fingerprint density at radius 2 is 1.91 bits per heavy atom. The first-order chi connectivity index (χ1) is 16.0. The molecule has 3 amide bonds. The number of rotatable bonds is 4. The zero-order valence-corrected chi connectivity index (χ0v) is 19.3. The molecular weight excluding hydrogens is 469 g/mol. The number of hydrogen-bond donors (Lipinski definition) is 4. The lowest BCUT2D eigenvalue weighted by molar-refractivity contribution is -0.137. The summed E-state index contributed by atoms with van der Waals surface area (Å²) in [5.41, 5.74) is 2.54. The summed E-state index contributed by atoms with van der Waals surface area (Å²) < 4.78 is 39.2. The summed E-state index contributed by atoms with van der Waals surface area (Å²) in [7, 11) is 0. The van der Waals surface area contributed by atoms with Gasteiger partial charge in [-0.2, -0.15) is 13.2 Å². The van der Waals surface area contributed by atoms with Crippen molar-refractivity contribution in [3.8, 4) is 0 Å². The Balaban J connectivity index is 1.47. The quantitative estimate of drug-likeness (QED) is 0.379. The predicted octanol–water partition coefficient (Wildman–Crippen LogP) is 5.66. The van der Waals surface area contributed by atoms with Gasteiger partial charge in [-0.3, -0.25) is 4.79 Å². The van der Waals surface area contributed by atoms with Crippen molar-refractivity contribution < 1.29 is 22.8 Å². The highest BCUT2D eigenvalue weighted by Crippen LogP contribution is 2.36.